The second-order valence-corrected chi connectivity index (χ2v) is 8.88. The molecule has 0 amide bonds. The molecule has 1 aromatic heterocycles. The number of hydrogen-bond donors (Lipinski definition) is 1. The van der Waals surface area contributed by atoms with Crippen molar-refractivity contribution in [2.45, 2.75) is 10.3 Å². The third-order valence-corrected chi connectivity index (χ3v) is 7.36. The zero-order valence-corrected chi connectivity index (χ0v) is 12.4. The molecule has 2 rings (SSSR count). The van der Waals surface area contributed by atoms with Crippen molar-refractivity contribution in [3.05, 3.63) is 15.9 Å². The van der Waals surface area contributed by atoms with Gasteiger partial charge in [-0.2, -0.15) is 4.31 Å². The molecule has 1 aromatic rings. The molecule has 1 saturated heterocycles. The Kier molecular flexibility index (Phi) is 3.83. The van der Waals surface area contributed by atoms with E-state index in [0.29, 0.717) is 9.54 Å². The standard InChI is InChI=1S/C8H8BrNO4S3/c9-6-1-2-7(16-6)17(13,14)10-4-15-3-5(10)8(11)12/h1-2,5H,3-4H2,(H,11,12)/t5-/m0/s1. The lowest BCUT2D eigenvalue weighted by Gasteiger charge is -2.18. The van der Waals surface area contributed by atoms with Crippen molar-refractivity contribution in [1.29, 1.82) is 0 Å². The lowest BCUT2D eigenvalue weighted by atomic mass is 10.4. The van der Waals surface area contributed by atoms with Gasteiger partial charge in [0.15, 0.2) is 0 Å². The van der Waals surface area contributed by atoms with Crippen molar-refractivity contribution < 1.29 is 18.3 Å². The number of aliphatic carboxylic acids is 1. The topological polar surface area (TPSA) is 74.7 Å². The van der Waals surface area contributed by atoms with Crippen molar-refractivity contribution in [3.8, 4) is 0 Å². The third kappa shape index (κ3) is 2.53. The molecule has 1 atom stereocenters. The maximum absolute atomic E-state index is 12.2. The zero-order valence-electron chi connectivity index (χ0n) is 8.37. The van der Waals surface area contributed by atoms with Crippen LogP contribution in [0.3, 0.4) is 0 Å². The number of thiophene rings is 1. The first kappa shape index (κ1) is 13.3. The van der Waals surface area contributed by atoms with Crippen LogP contribution in [0.4, 0.5) is 0 Å². The highest BCUT2D eigenvalue weighted by atomic mass is 79.9. The number of hydrogen-bond acceptors (Lipinski definition) is 5. The number of halogens is 1. The van der Waals surface area contributed by atoms with Crippen LogP contribution in [0.15, 0.2) is 20.1 Å². The zero-order chi connectivity index (χ0) is 12.6. The van der Waals surface area contributed by atoms with Gasteiger partial charge in [-0.15, -0.1) is 23.1 Å². The molecule has 5 nitrogen and oxygen atoms in total. The second-order valence-electron chi connectivity index (χ2n) is 3.30. The molecule has 2 heterocycles. The molecule has 0 aromatic carbocycles. The average molecular weight is 358 g/mol. The van der Waals surface area contributed by atoms with Crippen LogP contribution in [0, 0.1) is 0 Å². The van der Waals surface area contributed by atoms with Gasteiger partial charge < -0.3 is 5.11 Å². The highest BCUT2D eigenvalue weighted by Crippen LogP contribution is 2.33. The van der Waals surface area contributed by atoms with Gasteiger partial charge in [-0.25, -0.2) is 8.42 Å². The molecule has 17 heavy (non-hydrogen) atoms. The van der Waals surface area contributed by atoms with Crippen molar-refractivity contribution >= 4 is 55.0 Å². The normalized spacial score (nSPS) is 21.8. The molecule has 1 fully saturated rings. The average Bonchev–Trinajstić information content (AvgIpc) is 2.84. The summed E-state index contributed by atoms with van der Waals surface area (Å²) in [4.78, 5) is 11.0. The highest BCUT2D eigenvalue weighted by molar-refractivity contribution is 9.11. The van der Waals surface area contributed by atoms with Crippen molar-refractivity contribution in [1.82, 2.24) is 4.31 Å². The van der Waals surface area contributed by atoms with E-state index in [1.807, 2.05) is 0 Å². The summed E-state index contributed by atoms with van der Waals surface area (Å²) in [7, 11) is -3.69. The molecule has 0 radical (unpaired) electrons. The molecular weight excluding hydrogens is 350 g/mol. The van der Waals surface area contributed by atoms with E-state index in [4.69, 9.17) is 5.11 Å². The van der Waals surface area contributed by atoms with Crippen LogP contribution in [0.2, 0.25) is 0 Å². The van der Waals surface area contributed by atoms with Crippen molar-refractivity contribution in [2.24, 2.45) is 0 Å². The van der Waals surface area contributed by atoms with Crippen LogP contribution in [0.5, 0.6) is 0 Å². The molecule has 0 saturated carbocycles. The molecule has 94 valence electrons. The monoisotopic (exact) mass is 357 g/mol. The summed E-state index contributed by atoms with van der Waals surface area (Å²) in [6.07, 6.45) is 0. The molecule has 1 aliphatic heterocycles. The summed E-state index contributed by atoms with van der Waals surface area (Å²) >= 11 is 5.58. The second kappa shape index (κ2) is 4.88. The lowest BCUT2D eigenvalue weighted by Crippen LogP contribution is -2.41. The van der Waals surface area contributed by atoms with Gasteiger partial charge in [-0.05, 0) is 28.1 Å². The number of carbonyl (C=O) groups is 1. The van der Waals surface area contributed by atoms with Gasteiger partial charge in [0.1, 0.15) is 10.3 Å². The Morgan fingerprint density at radius 2 is 2.24 bits per heavy atom. The Balaban J connectivity index is 2.36. The molecule has 0 unspecified atom stereocenters. The largest absolute Gasteiger partial charge is 0.480 e. The summed E-state index contributed by atoms with van der Waals surface area (Å²) in [5, 5.41) is 8.97. The Hall–Kier alpha value is -0.0900. The van der Waals surface area contributed by atoms with Crippen LogP contribution in [0.25, 0.3) is 0 Å². The Labute approximate surface area is 115 Å². The van der Waals surface area contributed by atoms with Gasteiger partial charge >= 0.3 is 5.97 Å². The minimum absolute atomic E-state index is 0.165. The summed E-state index contributed by atoms with van der Waals surface area (Å²) in [5.74, 6) is -0.621. The molecule has 0 spiro atoms. The maximum atomic E-state index is 12.2. The van der Waals surface area contributed by atoms with E-state index in [-0.39, 0.29) is 10.1 Å². The van der Waals surface area contributed by atoms with Crippen molar-refractivity contribution in [3.63, 3.8) is 0 Å². The van der Waals surface area contributed by atoms with E-state index in [1.165, 1.54) is 17.8 Å². The first-order chi connectivity index (χ1) is 7.93. The summed E-state index contributed by atoms with van der Waals surface area (Å²) in [5.41, 5.74) is 0. The molecular formula is C8H8BrNO4S3. The van der Waals surface area contributed by atoms with E-state index in [1.54, 1.807) is 6.07 Å². The van der Waals surface area contributed by atoms with E-state index in [9.17, 15) is 13.2 Å². The molecule has 0 bridgehead atoms. The van der Waals surface area contributed by atoms with Crippen molar-refractivity contribution in [2.75, 3.05) is 11.6 Å². The minimum atomic E-state index is -3.69. The van der Waals surface area contributed by atoms with Gasteiger partial charge in [-0.1, -0.05) is 0 Å². The number of rotatable bonds is 3. The van der Waals surface area contributed by atoms with Crippen LogP contribution in [-0.2, 0) is 14.8 Å². The lowest BCUT2D eigenvalue weighted by molar-refractivity contribution is -0.140. The quantitative estimate of drug-likeness (QED) is 0.890. The summed E-state index contributed by atoms with van der Waals surface area (Å²) < 4.78 is 26.3. The molecule has 0 aliphatic carbocycles. The van der Waals surface area contributed by atoms with Gasteiger partial charge in [-0.3, -0.25) is 4.79 Å². The van der Waals surface area contributed by atoms with Gasteiger partial charge in [0.05, 0.1) is 9.66 Å². The van der Waals surface area contributed by atoms with Gasteiger partial charge in [0.25, 0.3) is 10.0 Å². The smallest absolute Gasteiger partial charge is 0.322 e. The Morgan fingerprint density at radius 3 is 2.76 bits per heavy atom. The number of carboxylic acids is 1. The van der Waals surface area contributed by atoms with Crippen LogP contribution in [0.1, 0.15) is 0 Å². The molecule has 9 heteroatoms. The fraction of sp³-hybridized carbons (Fsp3) is 0.375. The third-order valence-electron chi connectivity index (χ3n) is 2.24. The summed E-state index contributed by atoms with van der Waals surface area (Å²) in [6, 6.07) is 2.15. The fourth-order valence-corrected chi connectivity index (χ4v) is 6.68. The van der Waals surface area contributed by atoms with Gasteiger partial charge in [0.2, 0.25) is 0 Å². The minimum Gasteiger partial charge on any atom is -0.480 e. The highest BCUT2D eigenvalue weighted by Gasteiger charge is 2.40. The summed E-state index contributed by atoms with van der Waals surface area (Å²) in [6.45, 7) is 0. The number of carboxylic acid groups (broad SMARTS) is 1. The Morgan fingerprint density at radius 1 is 1.53 bits per heavy atom. The molecule has 1 aliphatic rings. The first-order valence-electron chi connectivity index (χ1n) is 4.50. The number of thioether (sulfide) groups is 1. The fourth-order valence-electron chi connectivity index (χ4n) is 1.41. The van der Waals surface area contributed by atoms with Crippen LogP contribution in [-0.4, -0.2) is 41.5 Å². The van der Waals surface area contributed by atoms with E-state index in [2.05, 4.69) is 15.9 Å². The van der Waals surface area contributed by atoms with E-state index >= 15 is 0 Å². The maximum Gasteiger partial charge on any atom is 0.322 e. The van der Waals surface area contributed by atoms with Crippen LogP contribution < -0.4 is 0 Å². The first-order valence-corrected chi connectivity index (χ1v) is 8.71. The van der Waals surface area contributed by atoms with E-state index in [0.717, 1.165) is 15.6 Å². The predicted octanol–water partition coefficient (Wildman–Crippen LogP) is 1.66. The van der Waals surface area contributed by atoms with Gasteiger partial charge in [0, 0.05) is 5.75 Å². The van der Waals surface area contributed by atoms with E-state index < -0.39 is 22.0 Å². The predicted molar refractivity (Wildman–Crippen MR) is 69.8 cm³/mol. The van der Waals surface area contributed by atoms with Crippen LogP contribution >= 0.6 is 39.0 Å². The number of sulfonamides is 1. The Bertz CT molecular complexity index is 541. The SMILES string of the molecule is O=C(O)[C@@H]1CSCN1S(=O)(=O)c1ccc(Br)s1. The number of nitrogens with zero attached hydrogens (tertiary/aromatic N) is 1. The molecule has 1 N–H and O–H groups in total.